The molecule has 0 saturated carbocycles. The van der Waals surface area contributed by atoms with Crippen molar-refractivity contribution in [1.82, 2.24) is 9.88 Å². The first-order valence-electron chi connectivity index (χ1n) is 8.56. The number of hydrogen-bond donors (Lipinski definition) is 1. The molecule has 4 nitrogen and oxygen atoms in total. The molecule has 1 amide bonds. The molecule has 2 aliphatic heterocycles. The predicted octanol–water partition coefficient (Wildman–Crippen LogP) is 3.17. The number of H-pyrrole nitrogens is 1. The summed E-state index contributed by atoms with van der Waals surface area (Å²) in [4.78, 5) is 30.9. The molecule has 23 heavy (non-hydrogen) atoms. The Morgan fingerprint density at radius 1 is 1.22 bits per heavy atom. The molecule has 1 fully saturated rings. The lowest BCUT2D eigenvalue weighted by Crippen LogP contribution is -2.44. The SMILES string of the molecule is CC[C@H]1C[C@@H]2CC(=O)c3[nH]c4ccccc4c3CC(=O)N(C1)C2. The maximum Gasteiger partial charge on any atom is 0.227 e. The number of benzene rings is 1. The first kappa shape index (κ1) is 14.5. The lowest BCUT2D eigenvalue weighted by molar-refractivity contribution is -0.133. The number of nitrogens with one attached hydrogen (secondary N) is 1. The molecule has 2 atom stereocenters. The highest BCUT2D eigenvalue weighted by atomic mass is 16.2. The second-order valence-corrected chi connectivity index (χ2v) is 7.00. The summed E-state index contributed by atoms with van der Waals surface area (Å²) in [5.74, 6) is 1.14. The normalized spacial score (nSPS) is 25.0. The average molecular weight is 310 g/mol. The Morgan fingerprint density at radius 3 is 2.87 bits per heavy atom. The predicted molar refractivity (Wildman–Crippen MR) is 89.4 cm³/mol. The monoisotopic (exact) mass is 310 g/mol. The van der Waals surface area contributed by atoms with Crippen molar-refractivity contribution < 1.29 is 9.59 Å². The number of Topliss-reactive ketones (excluding diaryl/α,β-unsaturated/α-hetero) is 1. The third-order valence-corrected chi connectivity index (χ3v) is 5.45. The van der Waals surface area contributed by atoms with Crippen LogP contribution in [-0.2, 0) is 11.2 Å². The van der Waals surface area contributed by atoms with E-state index in [0.29, 0.717) is 30.4 Å². The maximum atomic E-state index is 12.8. The zero-order chi connectivity index (χ0) is 16.0. The van der Waals surface area contributed by atoms with Crippen LogP contribution in [-0.4, -0.2) is 34.7 Å². The second kappa shape index (κ2) is 5.52. The van der Waals surface area contributed by atoms with Crippen LogP contribution in [0.25, 0.3) is 10.9 Å². The molecule has 3 heterocycles. The molecule has 0 radical (unpaired) electrons. The van der Waals surface area contributed by atoms with Gasteiger partial charge < -0.3 is 9.88 Å². The van der Waals surface area contributed by atoms with Crippen molar-refractivity contribution in [3.8, 4) is 0 Å². The van der Waals surface area contributed by atoms with E-state index in [4.69, 9.17) is 0 Å². The Morgan fingerprint density at radius 2 is 2.04 bits per heavy atom. The number of aromatic amines is 1. The van der Waals surface area contributed by atoms with E-state index >= 15 is 0 Å². The number of piperidine rings is 1. The Balaban J connectivity index is 1.80. The molecule has 1 aromatic carbocycles. The molecule has 0 unspecified atom stereocenters. The average Bonchev–Trinajstić information content (AvgIpc) is 2.93. The van der Waals surface area contributed by atoms with Gasteiger partial charge in [-0.3, -0.25) is 9.59 Å². The molecule has 0 spiro atoms. The summed E-state index contributed by atoms with van der Waals surface area (Å²) in [5, 5.41) is 1.01. The van der Waals surface area contributed by atoms with Crippen molar-refractivity contribution in [3.63, 3.8) is 0 Å². The van der Waals surface area contributed by atoms with Gasteiger partial charge in [0.05, 0.1) is 12.1 Å². The van der Waals surface area contributed by atoms with Gasteiger partial charge in [-0.15, -0.1) is 0 Å². The largest absolute Gasteiger partial charge is 0.352 e. The van der Waals surface area contributed by atoms with Crippen LogP contribution in [0.15, 0.2) is 24.3 Å². The van der Waals surface area contributed by atoms with Gasteiger partial charge in [-0.25, -0.2) is 0 Å². The topological polar surface area (TPSA) is 53.2 Å². The molecule has 4 rings (SSSR count). The molecule has 2 aromatic rings. The van der Waals surface area contributed by atoms with E-state index in [1.807, 2.05) is 29.2 Å². The van der Waals surface area contributed by atoms with Gasteiger partial charge in [-0.1, -0.05) is 31.5 Å². The lowest BCUT2D eigenvalue weighted by Gasteiger charge is -2.37. The Hall–Kier alpha value is -2.10. The number of hydrogen-bond acceptors (Lipinski definition) is 2. The molecular formula is C19H22N2O2. The lowest BCUT2D eigenvalue weighted by atomic mass is 9.84. The standard InChI is InChI=1S/C19H22N2O2/c1-2-12-7-13-8-17(22)19-15(9-18(23)21(10-12)11-13)14-5-3-4-6-16(14)20-19/h3-6,12-13,20H,2,7-11H2,1H3/t12-,13+/m0/s1. The Bertz CT molecular complexity index is 777. The number of fused-ring (bicyclic) bond motifs is 5. The van der Waals surface area contributed by atoms with Crippen molar-refractivity contribution in [2.24, 2.45) is 11.8 Å². The molecule has 1 aromatic heterocycles. The van der Waals surface area contributed by atoms with Crippen molar-refractivity contribution in [3.05, 3.63) is 35.5 Å². The molecule has 1 N–H and O–H groups in total. The molecule has 1 saturated heterocycles. The molecule has 0 aliphatic carbocycles. The fourth-order valence-corrected chi connectivity index (χ4v) is 4.21. The van der Waals surface area contributed by atoms with Crippen LogP contribution in [0.2, 0.25) is 0 Å². The number of aromatic nitrogens is 1. The van der Waals surface area contributed by atoms with Crippen LogP contribution in [0.1, 0.15) is 42.2 Å². The van der Waals surface area contributed by atoms with Gasteiger partial charge in [-0.2, -0.15) is 0 Å². The summed E-state index contributed by atoms with van der Waals surface area (Å²) < 4.78 is 0. The quantitative estimate of drug-likeness (QED) is 0.879. The van der Waals surface area contributed by atoms with Gasteiger partial charge in [0, 0.05) is 30.4 Å². The summed E-state index contributed by atoms with van der Waals surface area (Å²) in [5.41, 5.74) is 2.49. The van der Waals surface area contributed by atoms with Crippen LogP contribution in [0, 0.1) is 11.8 Å². The molecular weight excluding hydrogens is 288 g/mol. The van der Waals surface area contributed by atoms with Crippen molar-refractivity contribution >= 4 is 22.6 Å². The number of ketones is 1. The molecule has 4 heteroatoms. The van der Waals surface area contributed by atoms with E-state index in [1.54, 1.807) is 0 Å². The minimum atomic E-state index is 0.160. The third-order valence-electron chi connectivity index (χ3n) is 5.45. The van der Waals surface area contributed by atoms with Gasteiger partial charge in [0.25, 0.3) is 0 Å². The first-order valence-corrected chi connectivity index (χ1v) is 8.56. The van der Waals surface area contributed by atoms with Crippen molar-refractivity contribution in [2.75, 3.05) is 13.1 Å². The van der Waals surface area contributed by atoms with E-state index < -0.39 is 0 Å². The summed E-state index contributed by atoms with van der Waals surface area (Å²) in [7, 11) is 0. The number of rotatable bonds is 1. The summed E-state index contributed by atoms with van der Waals surface area (Å²) in [6.07, 6.45) is 3.00. The van der Waals surface area contributed by atoms with E-state index in [1.165, 1.54) is 0 Å². The Kier molecular flexibility index (Phi) is 3.47. The minimum Gasteiger partial charge on any atom is -0.352 e. The smallest absolute Gasteiger partial charge is 0.227 e. The third kappa shape index (κ3) is 2.46. The zero-order valence-corrected chi connectivity index (χ0v) is 13.5. The van der Waals surface area contributed by atoms with Crippen LogP contribution in [0.5, 0.6) is 0 Å². The maximum absolute atomic E-state index is 12.8. The highest BCUT2D eigenvalue weighted by Crippen LogP contribution is 2.32. The van der Waals surface area contributed by atoms with Crippen molar-refractivity contribution in [2.45, 2.75) is 32.6 Å². The fourth-order valence-electron chi connectivity index (χ4n) is 4.21. The van der Waals surface area contributed by atoms with Crippen molar-refractivity contribution in [1.29, 1.82) is 0 Å². The van der Waals surface area contributed by atoms with Gasteiger partial charge in [0.1, 0.15) is 0 Å². The minimum absolute atomic E-state index is 0.160. The number of carbonyl (C=O) groups is 2. The highest BCUT2D eigenvalue weighted by Gasteiger charge is 2.34. The first-order chi connectivity index (χ1) is 11.2. The van der Waals surface area contributed by atoms with Crippen LogP contribution in [0.4, 0.5) is 0 Å². The van der Waals surface area contributed by atoms with Gasteiger partial charge in [0.2, 0.25) is 5.91 Å². The molecule has 2 bridgehead atoms. The highest BCUT2D eigenvalue weighted by molar-refractivity contribution is 6.04. The number of carbonyl (C=O) groups excluding carboxylic acids is 2. The number of para-hydroxylation sites is 1. The van der Waals surface area contributed by atoms with Crippen LogP contribution < -0.4 is 0 Å². The van der Waals surface area contributed by atoms with E-state index in [-0.39, 0.29) is 11.7 Å². The van der Waals surface area contributed by atoms with Crippen LogP contribution in [0.3, 0.4) is 0 Å². The van der Waals surface area contributed by atoms with E-state index in [9.17, 15) is 9.59 Å². The zero-order valence-electron chi connectivity index (χ0n) is 13.5. The van der Waals surface area contributed by atoms with E-state index in [0.717, 1.165) is 42.4 Å². The molecule has 2 aliphatic rings. The van der Waals surface area contributed by atoms with Crippen LogP contribution >= 0.6 is 0 Å². The number of nitrogens with zero attached hydrogens (tertiary/aromatic N) is 1. The summed E-state index contributed by atoms with van der Waals surface area (Å²) >= 11 is 0. The van der Waals surface area contributed by atoms with E-state index in [2.05, 4.69) is 11.9 Å². The number of amides is 1. The summed E-state index contributed by atoms with van der Waals surface area (Å²) in [6.45, 7) is 3.76. The summed E-state index contributed by atoms with van der Waals surface area (Å²) in [6, 6.07) is 7.89. The van der Waals surface area contributed by atoms with Gasteiger partial charge in [0.15, 0.2) is 5.78 Å². The molecule has 120 valence electrons. The fraction of sp³-hybridized carbons (Fsp3) is 0.474. The Labute approximate surface area is 135 Å². The van der Waals surface area contributed by atoms with Gasteiger partial charge in [-0.05, 0) is 29.9 Å². The second-order valence-electron chi connectivity index (χ2n) is 7.00. The van der Waals surface area contributed by atoms with Gasteiger partial charge >= 0.3 is 0 Å².